The topological polar surface area (TPSA) is 63.2 Å². The number of ether oxygens (including phenoxy) is 1. The van der Waals surface area contributed by atoms with Crippen LogP contribution in [-0.4, -0.2) is 24.5 Å². The Morgan fingerprint density at radius 1 is 1.26 bits per heavy atom. The number of nitrogens with one attached hydrogen (secondary N) is 2. The van der Waals surface area contributed by atoms with Crippen molar-refractivity contribution in [3.05, 3.63) is 47.8 Å². The van der Waals surface area contributed by atoms with Crippen LogP contribution in [0.25, 0.3) is 0 Å². The van der Waals surface area contributed by atoms with Crippen molar-refractivity contribution in [2.45, 2.75) is 20.8 Å². The van der Waals surface area contributed by atoms with Gasteiger partial charge in [0.05, 0.1) is 12.8 Å². The number of benzene rings is 1. The van der Waals surface area contributed by atoms with Crippen LogP contribution in [0.5, 0.6) is 5.75 Å². The summed E-state index contributed by atoms with van der Waals surface area (Å²) in [6, 6.07) is 9.24. The van der Waals surface area contributed by atoms with Crippen molar-refractivity contribution in [3.8, 4) is 5.75 Å². The zero-order valence-corrected chi connectivity index (χ0v) is 14.0. The number of pyridine rings is 1. The van der Waals surface area contributed by atoms with E-state index in [1.165, 1.54) is 0 Å². The highest BCUT2D eigenvalue weighted by atomic mass is 16.5. The third-order valence-electron chi connectivity index (χ3n) is 3.31. The highest BCUT2D eigenvalue weighted by Crippen LogP contribution is 2.25. The van der Waals surface area contributed by atoms with E-state index in [4.69, 9.17) is 4.74 Å². The average molecular weight is 313 g/mol. The molecule has 2 aromatic rings. The summed E-state index contributed by atoms with van der Waals surface area (Å²) in [5, 5.41) is 6.15. The monoisotopic (exact) mass is 313 g/mol. The van der Waals surface area contributed by atoms with Crippen molar-refractivity contribution in [3.63, 3.8) is 0 Å². The first-order chi connectivity index (χ1) is 11.0. The molecule has 0 aliphatic rings. The van der Waals surface area contributed by atoms with Gasteiger partial charge in [-0.05, 0) is 42.7 Å². The minimum Gasteiger partial charge on any atom is -0.495 e. The van der Waals surface area contributed by atoms with Crippen LogP contribution in [0.1, 0.15) is 29.9 Å². The molecule has 0 fully saturated rings. The number of methoxy groups -OCH3 is 1. The molecule has 0 aliphatic heterocycles. The number of carbonyl (C=O) groups excluding carboxylic acids is 1. The number of anilines is 2. The molecular formula is C18H23N3O2. The normalized spacial score (nSPS) is 10.5. The lowest BCUT2D eigenvalue weighted by Gasteiger charge is -2.12. The van der Waals surface area contributed by atoms with Gasteiger partial charge in [-0.15, -0.1) is 0 Å². The number of rotatable bonds is 6. The Kier molecular flexibility index (Phi) is 5.57. The molecule has 1 amide bonds. The largest absolute Gasteiger partial charge is 0.495 e. The standard InChI is InChI=1S/C18H23N3O2/c1-12(2)11-20-14-7-8-19-16(10-14)18(22)21-15-9-13(3)5-6-17(15)23-4/h5-10,12H,11H2,1-4H3,(H,19,20)(H,21,22). The maximum atomic E-state index is 12.4. The van der Waals surface area contributed by atoms with Gasteiger partial charge >= 0.3 is 0 Å². The zero-order chi connectivity index (χ0) is 16.8. The summed E-state index contributed by atoms with van der Waals surface area (Å²) in [7, 11) is 1.58. The lowest BCUT2D eigenvalue weighted by atomic mass is 10.2. The maximum absolute atomic E-state index is 12.4. The molecule has 0 saturated heterocycles. The maximum Gasteiger partial charge on any atom is 0.274 e. The smallest absolute Gasteiger partial charge is 0.274 e. The third-order valence-corrected chi connectivity index (χ3v) is 3.31. The van der Waals surface area contributed by atoms with Crippen LogP contribution in [0, 0.1) is 12.8 Å². The Labute approximate surface area is 137 Å². The molecule has 2 rings (SSSR count). The number of hydrogen-bond donors (Lipinski definition) is 2. The van der Waals surface area contributed by atoms with E-state index in [0.29, 0.717) is 23.0 Å². The van der Waals surface area contributed by atoms with Crippen LogP contribution < -0.4 is 15.4 Å². The quantitative estimate of drug-likeness (QED) is 0.853. The van der Waals surface area contributed by atoms with Gasteiger partial charge in [-0.3, -0.25) is 9.78 Å². The summed E-state index contributed by atoms with van der Waals surface area (Å²) in [5.41, 5.74) is 2.93. The van der Waals surface area contributed by atoms with Crippen molar-refractivity contribution in [2.24, 2.45) is 5.92 Å². The molecule has 0 radical (unpaired) electrons. The van der Waals surface area contributed by atoms with Gasteiger partial charge in [-0.25, -0.2) is 0 Å². The number of aromatic nitrogens is 1. The van der Waals surface area contributed by atoms with Gasteiger partial charge in [0.15, 0.2) is 0 Å². The molecule has 1 heterocycles. The van der Waals surface area contributed by atoms with E-state index in [0.717, 1.165) is 17.8 Å². The van der Waals surface area contributed by atoms with Gasteiger partial charge in [-0.1, -0.05) is 19.9 Å². The summed E-state index contributed by atoms with van der Waals surface area (Å²) in [6.07, 6.45) is 1.63. The Morgan fingerprint density at radius 3 is 2.74 bits per heavy atom. The van der Waals surface area contributed by atoms with Gasteiger partial charge < -0.3 is 15.4 Å². The summed E-state index contributed by atoms with van der Waals surface area (Å²) in [4.78, 5) is 16.6. The first-order valence-electron chi connectivity index (χ1n) is 7.65. The van der Waals surface area contributed by atoms with Crippen LogP contribution in [0.15, 0.2) is 36.5 Å². The minimum absolute atomic E-state index is 0.262. The molecule has 122 valence electrons. The molecule has 0 unspecified atom stereocenters. The summed E-state index contributed by atoms with van der Waals surface area (Å²) < 4.78 is 5.28. The fraction of sp³-hybridized carbons (Fsp3) is 0.333. The molecule has 0 atom stereocenters. The van der Waals surface area contributed by atoms with E-state index in [2.05, 4.69) is 29.5 Å². The summed E-state index contributed by atoms with van der Waals surface area (Å²) >= 11 is 0. The first kappa shape index (κ1) is 16.8. The summed E-state index contributed by atoms with van der Waals surface area (Å²) in [6.45, 7) is 7.07. The molecule has 0 aliphatic carbocycles. The number of aryl methyl sites for hydroxylation is 1. The molecular weight excluding hydrogens is 290 g/mol. The van der Waals surface area contributed by atoms with Gasteiger partial charge in [0.25, 0.3) is 5.91 Å². The second-order valence-electron chi connectivity index (χ2n) is 5.86. The Bertz CT molecular complexity index is 684. The van der Waals surface area contributed by atoms with Crippen LogP contribution in [0.2, 0.25) is 0 Å². The molecule has 5 nitrogen and oxygen atoms in total. The van der Waals surface area contributed by atoms with E-state index in [9.17, 15) is 4.79 Å². The van der Waals surface area contributed by atoms with Gasteiger partial charge in [0.2, 0.25) is 0 Å². The van der Waals surface area contributed by atoms with Crippen molar-refractivity contribution in [1.82, 2.24) is 4.98 Å². The van der Waals surface area contributed by atoms with Gasteiger partial charge in [0, 0.05) is 18.4 Å². The van der Waals surface area contributed by atoms with Crippen LogP contribution in [0.3, 0.4) is 0 Å². The SMILES string of the molecule is COc1ccc(C)cc1NC(=O)c1cc(NCC(C)C)ccn1. The second kappa shape index (κ2) is 7.63. The van der Waals surface area contributed by atoms with Gasteiger partial charge in [0.1, 0.15) is 11.4 Å². The number of amides is 1. The molecule has 0 bridgehead atoms. The molecule has 2 N–H and O–H groups in total. The lowest BCUT2D eigenvalue weighted by molar-refractivity contribution is 0.102. The predicted molar refractivity (Wildman–Crippen MR) is 93.2 cm³/mol. The van der Waals surface area contributed by atoms with Crippen LogP contribution >= 0.6 is 0 Å². The molecule has 0 saturated carbocycles. The van der Waals surface area contributed by atoms with Crippen molar-refractivity contribution in [1.29, 1.82) is 0 Å². The zero-order valence-electron chi connectivity index (χ0n) is 14.0. The molecule has 0 spiro atoms. The average Bonchev–Trinajstić information content (AvgIpc) is 2.53. The third kappa shape index (κ3) is 4.71. The van der Waals surface area contributed by atoms with E-state index in [1.807, 2.05) is 31.2 Å². The molecule has 1 aromatic heterocycles. The van der Waals surface area contributed by atoms with E-state index in [-0.39, 0.29) is 5.91 Å². The Balaban J connectivity index is 2.15. The summed E-state index contributed by atoms with van der Waals surface area (Å²) in [5.74, 6) is 0.886. The second-order valence-corrected chi connectivity index (χ2v) is 5.86. The van der Waals surface area contributed by atoms with E-state index < -0.39 is 0 Å². The van der Waals surface area contributed by atoms with Gasteiger partial charge in [-0.2, -0.15) is 0 Å². The van der Waals surface area contributed by atoms with Crippen molar-refractivity contribution >= 4 is 17.3 Å². The van der Waals surface area contributed by atoms with Crippen LogP contribution in [0.4, 0.5) is 11.4 Å². The predicted octanol–water partition coefficient (Wildman–Crippen LogP) is 3.72. The number of nitrogens with zero attached hydrogens (tertiary/aromatic N) is 1. The van der Waals surface area contributed by atoms with E-state index in [1.54, 1.807) is 19.4 Å². The molecule has 1 aromatic carbocycles. The minimum atomic E-state index is -0.262. The first-order valence-corrected chi connectivity index (χ1v) is 7.65. The fourth-order valence-electron chi connectivity index (χ4n) is 2.09. The number of hydrogen-bond acceptors (Lipinski definition) is 4. The lowest BCUT2D eigenvalue weighted by Crippen LogP contribution is -2.15. The van der Waals surface area contributed by atoms with Crippen molar-refractivity contribution < 1.29 is 9.53 Å². The fourth-order valence-corrected chi connectivity index (χ4v) is 2.09. The van der Waals surface area contributed by atoms with Crippen molar-refractivity contribution in [2.75, 3.05) is 24.3 Å². The van der Waals surface area contributed by atoms with E-state index >= 15 is 0 Å². The van der Waals surface area contributed by atoms with Crippen LogP contribution in [-0.2, 0) is 0 Å². The Morgan fingerprint density at radius 2 is 2.04 bits per heavy atom. The highest BCUT2D eigenvalue weighted by Gasteiger charge is 2.12. The Hall–Kier alpha value is -2.56. The molecule has 23 heavy (non-hydrogen) atoms. The number of carbonyl (C=O) groups is 1. The highest BCUT2D eigenvalue weighted by molar-refractivity contribution is 6.04. The molecule has 5 heteroatoms.